The molecule has 1 heterocycles. The van der Waals surface area contributed by atoms with Gasteiger partial charge in [0.15, 0.2) is 0 Å². The van der Waals surface area contributed by atoms with Gasteiger partial charge in [0.25, 0.3) is 0 Å². The summed E-state index contributed by atoms with van der Waals surface area (Å²) in [6.07, 6.45) is 4.08. The first-order valence-electron chi connectivity index (χ1n) is 4.86. The van der Waals surface area contributed by atoms with Crippen LogP contribution in [-0.2, 0) is 19.9 Å². The highest BCUT2D eigenvalue weighted by atomic mass is 32.2. The van der Waals surface area contributed by atoms with E-state index in [0.29, 0.717) is 5.56 Å². The average Bonchev–Trinajstić information content (AvgIpc) is 2.66. The van der Waals surface area contributed by atoms with Crippen LogP contribution in [0.3, 0.4) is 0 Å². The fraction of sp³-hybridized carbons (Fsp3) is 0.625. The first kappa shape index (κ1) is 14.1. The monoisotopic (exact) mass is 281 g/mol. The molecule has 0 bridgehead atoms. The minimum absolute atomic E-state index is 0.388. The van der Waals surface area contributed by atoms with E-state index in [0.717, 1.165) is 6.26 Å². The molecule has 7 nitrogen and oxygen atoms in total. The molecular formula is C8H15N3O4S2. The summed E-state index contributed by atoms with van der Waals surface area (Å²) in [7, 11) is -6.90. The second-order valence-corrected chi connectivity index (χ2v) is 7.95. The number of aromatic nitrogens is 2. The molecule has 17 heavy (non-hydrogen) atoms. The second-order valence-electron chi connectivity index (χ2n) is 3.82. The number of nitrogens with zero attached hydrogens (tertiary/aromatic N) is 1. The van der Waals surface area contributed by atoms with Gasteiger partial charge in [-0.2, -0.15) is 5.10 Å². The van der Waals surface area contributed by atoms with E-state index in [-0.39, 0.29) is 5.75 Å². The molecule has 0 amide bonds. The van der Waals surface area contributed by atoms with Gasteiger partial charge in [-0.15, -0.1) is 0 Å². The molecule has 1 unspecified atom stereocenters. The van der Waals surface area contributed by atoms with E-state index in [1.165, 1.54) is 6.20 Å². The van der Waals surface area contributed by atoms with Crippen LogP contribution in [0, 0.1) is 0 Å². The number of rotatable bonds is 6. The quantitative estimate of drug-likeness (QED) is 0.726. The molecule has 98 valence electrons. The van der Waals surface area contributed by atoms with Crippen molar-refractivity contribution in [3.63, 3.8) is 0 Å². The van der Waals surface area contributed by atoms with E-state index in [1.807, 2.05) is 0 Å². The molecule has 2 N–H and O–H groups in total. The molecule has 0 spiro atoms. The van der Waals surface area contributed by atoms with Gasteiger partial charge in [0, 0.05) is 24.1 Å². The summed E-state index contributed by atoms with van der Waals surface area (Å²) in [6.45, 7) is 1.66. The molecule has 0 aromatic carbocycles. The number of sulfone groups is 1. The predicted octanol–water partition coefficient (Wildman–Crippen LogP) is -0.565. The van der Waals surface area contributed by atoms with Crippen molar-refractivity contribution < 1.29 is 16.8 Å². The number of nitrogens with one attached hydrogen (secondary N) is 2. The van der Waals surface area contributed by atoms with Crippen molar-refractivity contribution in [2.45, 2.75) is 13.0 Å². The highest BCUT2D eigenvalue weighted by molar-refractivity contribution is 7.93. The Balaban J connectivity index is 2.61. The molecule has 9 heteroatoms. The molecule has 0 aliphatic carbocycles. The van der Waals surface area contributed by atoms with Crippen molar-refractivity contribution in [3.05, 3.63) is 18.0 Å². The van der Waals surface area contributed by atoms with Crippen LogP contribution in [0.5, 0.6) is 0 Å². The Morgan fingerprint density at radius 2 is 2.00 bits per heavy atom. The third-order valence-corrected chi connectivity index (χ3v) is 4.76. The Hall–Kier alpha value is -0.930. The molecule has 0 aliphatic rings. The summed E-state index contributed by atoms with van der Waals surface area (Å²) in [5, 5.41) is 6.27. The van der Waals surface area contributed by atoms with Crippen LogP contribution in [0.2, 0.25) is 0 Å². The molecule has 1 aromatic rings. The number of sulfonamides is 1. The first-order valence-corrected chi connectivity index (χ1v) is 8.57. The van der Waals surface area contributed by atoms with Crippen molar-refractivity contribution in [2.75, 3.05) is 17.8 Å². The van der Waals surface area contributed by atoms with Gasteiger partial charge in [0.05, 0.1) is 17.7 Å². The van der Waals surface area contributed by atoms with Crippen molar-refractivity contribution in [1.82, 2.24) is 14.9 Å². The number of hydrogen-bond acceptors (Lipinski definition) is 5. The van der Waals surface area contributed by atoms with E-state index >= 15 is 0 Å². The first-order chi connectivity index (χ1) is 7.70. The topological polar surface area (TPSA) is 109 Å². The lowest BCUT2D eigenvalue weighted by atomic mass is 10.2. The maximum absolute atomic E-state index is 11.6. The van der Waals surface area contributed by atoms with Crippen LogP contribution in [0.1, 0.15) is 18.5 Å². The van der Waals surface area contributed by atoms with E-state index in [1.54, 1.807) is 13.1 Å². The van der Waals surface area contributed by atoms with Crippen molar-refractivity contribution in [3.8, 4) is 0 Å². The lowest BCUT2D eigenvalue weighted by Crippen LogP contribution is -2.31. The third-order valence-electron chi connectivity index (χ3n) is 2.10. The number of hydrogen-bond donors (Lipinski definition) is 2. The highest BCUT2D eigenvalue weighted by Gasteiger charge is 2.18. The van der Waals surface area contributed by atoms with Crippen molar-refractivity contribution >= 4 is 19.9 Å². The van der Waals surface area contributed by atoms with Crippen LogP contribution >= 0.6 is 0 Å². The van der Waals surface area contributed by atoms with Crippen molar-refractivity contribution in [2.24, 2.45) is 0 Å². The zero-order chi connectivity index (χ0) is 13.1. The Labute approximate surface area is 101 Å². The van der Waals surface area contributed by atoms with Crippen LogP contribution in [0.25, 0.3) is 0 Å². The Morgan fingerprint density at radius 3 is 2.47 bits per heavy atom. The Bertz CT molecular complexity index is 548. The summed E-state index contributed by atoms with van der Waals surface area (Å²) >= 11 is 0. The fourth-order valence-electron chi connectivity index (χ4n) is 1.16. The maximum Gasteiger partial charge on any atom is 0.213 e. The van der Waals surface area contributed by atoms with Gasteiger partial charge in [-0.25, -0.2) is 21.6 Å². The lowest BCUT2D eigenvalue weighted by Gasteiger charge is -2.12. The molecule has 0 saturated heterocycles. The van der Waals surface area contributed by atoms with Gasteiger partial charge in [-0.1, -0.05) is 0 Å². The molecule has 0 radical (unpaired) electrons. The van der Waals surface area contributed by atoms with E-state index in [4.69, 9.17) is 0 Å². The molecule has 1 aromatic heterocycles. The summed E-state index contributed by atoms with van der Waals surface area (Å²) in [5.74, 6) is -0.825. The van der Waals surface area contributed by atoms with E-state index in [2.05, 4.69) is 14.9 Å². The smallest absolute Gasteiger partial charge is 0.213 e. The summed E-state index contributed by atoms with van der Waals surface area (Å²) < 4.78 is 47.3. The van der Waals surface area contributed by atoms with Crippen LogP contribution in [0.15, 0.2) is 12.4 Å². The van der Waals surface area contributed by atoms with Crippen molar-refractivity contribution in [1.29, 1.82) is 0 Å². The number of H-pyrrole nitrogens is 1. The fourth-order valence-corrected chi connectivity index (χ4v) is 4.04. The largest absolute Gasteiger partial charge is 0.285 e. The molecule has 0 aliphatic heterocycles. The van der Waals surface area contributed by atoms with Crippen LogP contribution < -0.4 is 4.72 Å². The van der Waals surface area contributed by atoms with Crippen LogP contribution in [-0.4, -0.2) is 44.8 Å². The number of aromatic amines is 1. The lowest BCUT2D eigenvalue weighted by molar-refractivity contribution is 0.566. The van der Waals surface area contributed by atoms with Crippen LogP contribution in [0.4, 0.5) is 0 Å². The Morgan fingerprint density at radius 1 is 1.35 bits per heavy atom. The second kappa shape index (κ2) is 5.15. The van der Waals surface area contributed by atoms with E-state index in [9.17, 15) is 16.8 Å². The molecular weight excluding hydrogens is 266 g/mol. The van der Waals surface area contributed by atoms with E-state index < -0.39 is 31.7 Å². The van der Waals surface area contributed by atoms with Gasteiger partial charge in [0.2, 0.25) is 10.0 Å². The zero-order valence-electron chi connectivity index (χ0n) is 9.54. The standard InChI is InChI=1S/C8H15N3O4S2/c1-7(8-5-9-10-6-8)11-17(14,15)4-3-16(2,12)13/h5-7,11H,3-4H2,1-2H3,(H,9,10). The molecule has 1 atom stereocenters. The van der Waals surface area contributed by atoms with Gasteiger partial charge in [0.1, 0.15) is 9.84 Å². The minimum Gasteiger partial charge on any atom is -0.285 e. The average molecular weight is 281 g/mol. The SMILES string of the molecule is CC(NS(=O)(=O)CCS(C)(=O)=O)c1cn[nH]c1. The highest BCUT2D eigenvalue weighted by Crippen LogP contribution is 2.10. The minimum atomic E-state index is -3.61. The van der Waals surface area contributed by atoms with Gasteiger partial charge in [-0.05, 0) is 6.92 Å². The van der Waals surface area contributed by atoms with Gasteiger partial charge >= 0.3 is 0 Å². The molecule has 0 saturated carbocycles. The maximum atomic E-state index is 11.6. The molecule has 0 fully saturated rings. The zero-order valence-corrected chi connectivity index (χ0v) is 11.2. The predicted molar refractivity (Wildman–Crippen MR) is 63.6 cm³/mol. The normalized spacial score (nSPS) is 14.7. The molecule has 1 rings (SSSR count). The summed E-state index contributed by atoms with van der Waals surface area (Å²) in [4.78, 5) is 0. The van der Waals surface area contributed by atoms with Gasteiger partial charge < -0.3 is 0 Å². The van der Waals surface area contributed by atoms with Gasteiger partial charge in [-0.3, -0.25) is 5.10 Å². The summed E-state index contributed by atoms with van der Waals surface area (Å²) in [5.41, 5.74) is 0.688. The Kier molecular flexibility index (Phi) is 4.28. The summed E-state index contributed by atoms with van der Waals surface area (Å²) in [6, 6.07) is -0.446. The third kappa shape index (κ3) is 5.29.